The predicted octanol–water partition coefficient (Wildman–Crippen LogP) is 5.19. The zero-order valence-corrected chi connectivity index (χ0v) is 18.7. The molecule has 34 heavy (non-hydrogen) atoms. The van der Waals surface area contributed by atoms with E-state index in [1.807, 2.05) is 6.92 Å². The number of pyridine rings is 2. The van der Waals surface area contributed by atoms with Crippen LogP contribution in [0.3, 0.4) is 0 Å². The number of benzene rings is 1. The van der Waals surface area contributed by atoms with Crippen molar-refractivity contribution in [2.24, 2.45) is 5.92 Å². The molecule has 2 atom stereocenters. The maximum Gasteiger partial charge on any atom is 0.433 e. The smallest absolute Gasteiger partial charge is 0.386 e. The molecule has 0 spiro atoms. The number of aromatic nitrogens is 2. The third-order valence-corrected chi connectivity index (χ3v) is 6.16. The van der Waals surface area contributed by atoms with E-state index < -0.39 is 28.8 Å². The lowest BCUT2D eigenvalue weighted by Gasteiger charge is -2.23. The first kappa shape index (κ1) is 23.8. The number of aliphatic hydroxyl groups is 1. The van der Waals surface area contributed by atoms with Gasteiger partial charge in [0.25, 0.3) is 5.91 Å². The summed E-state index contributed by atoms with van der Waals surface area (Å²) in [5, 5.41) is 13.5. The fraction of sp³-hybridized carbons (Fsp3) is 0.320. The monoisotopic (exact) mass is 473 g/mol. The number of rotatable bonds is 5. The van der Waals surface area contributed by atoms with Gasteiger partial charge in [-0.15, -0.1) is 0 Å². The maximum absolute atomic E-state index is 13.2. The molecule has 2 N–H and O–H groups in total. The minimum atomic E-state index is -4.65. The molecule has 0 bridgehead atoms. The Morgan fingerprint density at radius 1 is 1.09 bits per heavy atom. The molecule has 0 radical (unpaired) electrons. The minimum absolute atomic E-state index is 0.0502. The molecule has 9 heteroatoms. The van der Waals surface area contributed by atoms with Crippen LogP contribution in [0.1, 0.15) is 54.4 Å². The molecule has 1 aliphatic carbocycles. The molecule has 0 aliphatic heterocycles. The van der Waals surface area contributed by atoms with E-state index in [1.54, 1.807) is 18.3 Å². The van der Waals surface area contributed by atoms with Crippen LogP contribution in [0.2, 0.25) is 0 Å². The fourth-order valence-electron chi connectivity index (χ4n) is 4.09. The molecule has 178 valence electrons. The van der Waals surface area contributed by atoms with Crippen LogP contribution in [0.25, 0.3) is 11.3 Å². The van der Waals surface area contributed by atoms with Gasteiger partial charge in [-0.1, -0.05) is 13.0 Å². The SMILES string of the molecule is C[C@@H]1C[C@@]1(NC(=O)c1ccc(F)cc1)c1ccc(-c2cnc(C(F)(F)F)cc2C(C)(C)O)nc1. The number of amides is 1. The van der Waals surface area contributed by atoms with Gasteiger partial charge in [0.1, 0.15) is 11.5 Å². The van der Waals surface area contributed by atoms with Crippen LogP contribution in [0, 0.1) is 11.7 Å². The van der Waals surface area contributed by atoms with Gasteiger partial charge in [-0.2, -0.15) is 13.2 Å². The average Bonchev–Trinajstić information content (AvgIpc) is 3.42. The molecule has 1 aliphatic rings. The standard InChI is InChI=1S/C25H23F4N3O2/c1-14-11-24(14,32-22(33)15-4-7-17(26)8-5-15)16-6-9-20(30-12-16)18-13-31-21(25(27,28)29)10-19(18)23(2,3)34/h4-10,12-14,34H,11H2,1-3H3,(H,32,33)/t14-,24+/m1/s1. The van der Waals surface area contributed by atoms with Crippen LogP contribution < -0.4 is 5.32 Å². The number of carbonyl (C=O) groups excluding carboxylic acids is 1. The van der Waals surface area contributed by atoms with Gasteiger partial charge in [0, 0.05) is 23.5 Å². The Bertz CT molecular complexity index is 1220. The van der Waals surface area contributed by atoms with Crippen LogP contribution in [0.4, 0.5) is 17.6 Å². The van der Waals surface area contributed by atoms with E-state index in [0.717, 1.165) is 17.8 Å². The van der Waals surface area contributed by atoms with Gasteiger partial charge in [0.2, 0.25) is 0 Å². The molecule has 1 fully saturated rings. The highest BCUT2D eigenvalue weighted by Gasteiger charge is 2.54. The summed E-state index contributed by atoms with van der Waals surface area (Å²) in [7, 11) is 0. The minimum Gasteiger partial charge on any atom is -0.386 e. The van der Waals surface area contributed by atoms with Crippen molar-refractivity contribution in [1.29, 1.82) is 0 Å². The molecule has 0 saturated heterocycles. The molecular weight excluding hydrogens is 450 g/mol. The van der Waals surface area contributed by atoms with E-state index in [2.05, 4.69) is 15.3 Å². The molecule has 2 aromatic heterocycles. The second kappa shape index (κ2) is 8.16. The van der Waals surface area contributed by atoms with Gasteiger partial charge >= 0.3 is 6.18 Å². The van der Waals surface area contributed by atoms with Gasteiger partial charge in [-0.25, -0.2) is 4.39 Å². The second-order valence-corrected chi connectivity index (χ2v) is 9.14. The number of halogens is 4. The Hall–Kier alpha value is -3.33. The highest BCUT2D eigenvalue weighted by molar-refractivity contribution is 5.95. The zero-order valence-electron chi connectivity index (χ0n) is 18.7. The van der Waals surface area contributed by atoms with Gasteiger partial charge in [-0.05, 0) is 73.7 Å². The Balaban J connectivity index is 1.64. The van der Waals surface area contributed by atoms with E-state index in [9.17, 15) is 27.5 Å². The van der Waals surface area contributed by atoms with Crippen molar-refractivity contribution in [3.8, 4) is 11.3 Å². The molecule has 1 amide bonds. The Labute approximate surface area is 193 Å². The Morgan fingerprint density at radius 2 is 1.74 bits per heavy atom. The quantitative estimate of drug-likeness (QED) is 0.500. The number of nitrogens with zero attached hydrogens (tertiary/aromatic N) is 2. The van der Waals surface area contributed by atoms with Crippen molar-refractivity contribution in [3.63, 3.8) is 0 Å². The van der Waals surface area contributed by atoms with Crippen molar-refractivity contribution in [1.82, 2.24) is 15.3 Å². The summed E-state index contributed by atoms with van der Waals surface area (Å²) < 4.78 is 52.6. The maximum atomic E-state index is 13.2. The number of alkyl halides is 3. The lowest BCUT2D eigenvalue weighted by Crippen LogP contribution is -2.36. The van der Waals surface area contributed by atoms with Crippen LogP contribution in [0.15, 0.2) is 54.9 Å². The van der Waals surface area contributed by atoms with Crippen LogP contribution >= 0.6 is 0 Å². The molecule has 1 saturated carbocycles. The number of nitrogens with one attached hydrogen (secondary N) is 1. The van der Waals surface area contributed by atoms with E-state index in [-0.39, 0.29) is 23.0 Å². The van der Waals surface area contributed by atoms with Crippen LogP contribution in [-0.2, 0) is 17.3 Å². The van der Waals surface area contributed by atoms with E-state index in [1.165, 1.54) is 38.1 Å². The van der Waals surface area contributed by atoms with Crippen molar-refractivity contribution in [2.75, 3.05) is 0 Å². The lowest BCUT2D eigenvalue weighted by atomic mass is 9.91. The third-order valence-electron chi connectivity index (χ3n) is 6.16. The summed E-state index contributed by atoms with van der Waals surface area (Å²) in [6, 6.07) is 9.46. The molecular formula is C25H23F4N3O2. The highest BCUT2D eigenvalue weighted by Crippen LogP contribution is 2.51. The number of hydrogen-bond acceptors (Lipinski definition) is 4. The molecule has 2 heterocycles. The normalized spacial score (nSPS) is 20.2. The first-order chi connectivity index (χ1) is 15.8. The zero-order chi connectivity index (χ0) is 24.9. The topological polar surface area (TPSA) is 75.1 Å². The summed E-state index contributed by atoms with van der Waals surface area (Å²) >= 11 is 0. The van der Waals surface area contributed by atoms with Crippen molar-refractivity contribution >= 4 is 5.91 Å². The Kier molecular flexibility index (Phi) is 5.72. The first-order valence-electron chi connectivity index (χ1n) is 10.7. The van der Waals surface area contributed by atoms with E-state index >= 15 is 0 Å². The largest absolute Gasteiger partial charge is 0.433 e. The van der Waals surface area contributed by atoms with Gasteiger partial charge < -0.3 is 10.4 Å². The van der Waals surface area contributed by atoms with Gasteiger partial charge in [-0.3, -0.25) is 14.8 Å². The first-order valence-corrected chi connectivity index (χ1v) is 10.7. The summed E-state index contributed by atoms with van der Waals surface area (Å²) in [6.45, 7) is 4.77. The highest BCUT2D eigenvalue weighted by atomic mass is 19.4. The van der Waals surface area contributed by atoms with Gasteiger partial charge in [0.15, 0.2) is 0 Å². The van der Waals surface area contributed by atoms with E-state index in [4.69, 9.17) is 0 Å². The van der Waals surface area contributed by atoms with Crippen molar-refractivity contribution in [3.05, 3.63) is 83.1 Å². The molecule has 4 rings (SSSR count). The lowest BCUT2D eigenvalue weighted by molar-refractivity contribution is -0.141. The van der Waals surface area contributed by atoms with E-state index in [0.29, 0.717) is 17.7 Å². The summed E-state index contributed by atoms with van der Waals surface area (Å²) in [6.07, 6.45) is -1.34. The van der Waals surface area contributed by atoms with Crippen molar-refractivity contribution in [2.45, 2.75) is 44.5 Å². The summed E-state index contributed by atoms with van der Waals surface area (Å²) in [4.78, 5) is 20.6. The van der Waals surface area contributed by atoms with Crippen LogP contribution in [-0.4, -0.2) is 21.0 Å². The van der Waals surface area contributed by atoms with Crippen molar-refractivity contribution < 1.29 is 27.5 Å². The fourth-order valence-corrected chi connectivity index (χ4v) is 4.09. The van der Waals surface area contributed by atoms with Crippen LogP contribution in [0.5, 0.6) is 0 Å². The summed E-state index contributed by atoms with van der Waals surface area (Å²) in [5.74, 6) is -0.650. The summed E-state index contributed by atoms with van der Waals surface area (Å²) in [5.41, 5.74) is -1.56. The molecule has 5 nitrogen and oxygen atoms in total. The Morgan fingerprint density at radius 3 is 2.24 bits per heavy atom. The molecule has 3 aromatic rings. The second-order valence-electron chi connectivity index (χ2n) is 9.14. The molecule has 0 unspecified atom stereocenters. The third kappa shape index (κ3) is 4.52. The average molecular weight is 473 g/mol. The molecule has 1 aromatic carbocycles. The number of hydrogen-bond donors (Lipinski definition) is 2. The number of carbonyl (C=O) groups is 1. The van der Waals surface area contributed by atoms with Gasteiger partial charge in [0.05, 0.1) is 16.8 Å². The predicted molar refractivity (Wildman–Crippen MR) is 117 cm³/mol.